The Hall–Kier alpha value is -0.660. The van der Waals surface area contributed by atoms with Crippen LogP contribution in [0.15, 0.2) is 12.2 Å². The molecule has 10 heteroatoms. The maximum absolute atomic E-state index is 10.1. The van der Waals surface area contributed by atoms with Gasteiger partial charge in [-0.05, 0) is 13.3 Å². The minimum Gasteiger partial charge on any atom is -0.393 e. The van der Waals surface area contributed by atoms with Crippen molar-refractivity contribution in [2.45, 2.75) is 62.0 Å². The van der Waals surface area contributed by atoms with E-state index in [1.807, 2.05) is 6.92 Å². The standard InChI is InChI=1S/C16H28O10/c1-8(2)3-4-23-14-12(20)11(19)10(18)9(26-14)5-24-15-13(21)16(22,6-17)7-25-15/h9-15,17-22H,1,3-7H2,2H3/t9-,10-,11+,12-,13+,14-,15-,16-/m1/s1. The molecule has 2 rings (SSSR count). The predicted molar refractivity (Wildman–Crippen MR) is 85.8 cm³/mol. The average molecular weight is 380 g/mol. The minimum atomic E-state index is -1.83. The summed E-state index contributed by atoms with van der Waals surface area (Å²) in [5.41, 5.74) is -0.958. The lowest BCUT2D eigenvalue weighted by Crippen LogP contribution is -2.59. The first-order valence-electron chi connectivity index (χ1n) is 8.39. The molecule has 152 valence electrons. The van der Waals surface area contributed by atoms with Crippen molar-refractivity contribution in [2.75, 3.05) is 26.4 Å². The summed E-state index contributed by atoms with van der Waals surface area (Å²) in [6, 6.07) is 0. The first-order valence-corrected chi connectivity index (χ1v) is 8.39. The Morgan fingerprint density at radius 1 is 1.12 bits per heavy atom. The molecule has 2 saturated heterocycles. The molecule has 2 fully saturated rings. The van der Waals surface area contributed by atoms with E-state index in [0.29, 0.717) is 6.42 Å². The van der Waals surface area contributed by atoms with E-state index in [-0.39, 0.29) is 19.8 Å². The minimum absolute atomic E-state index is 0.210. The van der Waals surface area contributed by atoms with Gasteiger partial charge in [-0.2, -0.15) is 0 Å². The number of ether oxygens (including phenoxy) is 4. The summed E-state index contributed by atoms with van der Waals surface area (Å²) in [4.78, 5) is 0. The van der Waals surface area contributed by atoms with Gasteiger partial charge in [-0.25, -0.2) is 0 Å². The average Bonchev–Trinajstić information content (AvgIpc) is 2.89. The monoisotopic (exact) mass is 380 g/mol. The molecule has 2 heterocycles. The molecule has 0 bridgehead atoms. The Morgan fingerprint density at radius 3 is 2.38 bits per heavy atom. The van der Waals surface area contributed by atoms with Crippen molar-refractivity contribution in [1.29, 1.82) is 0 Å². The van der Waals surface area contributed by atoms with E-state index in [9.17, 15) is 25.5 Å². The molecule has 0 aromatic carbocycles. The van der Waals surface area contributed by atoms with E-state index in [1.165, 1.54) is 0 Å². The van der Waals surface area contributed by atoms with Gasteiger partial charge in [-0.1, -0.05) is 5.57 Å². The molecular weight excluding hydrogens is 352 g/mol. The van der Waals surface area contributed by atoms with Gasteiger partial charge in [-0.3, -0.25) is 0 Å². The van der Waals surface area contributed by atoms with Gasteiger partial charge < -0.3 is 49.6 Å². The molecule has 26 heavy (non-hydrogen) atoms. The first kappa shape index (κ1) is 21.6. The van der Waals surface area contributed by atoms with Crippen LogP contribution >= 0.6 is 0 Å². The highest BCUT2D eigenvalue weighted by Gasteiger charge is 2.50. The van der Waals surface area contributed by atoms with Crippen LogP contribution in [0.2, 0.25) is 0 Å². The summed E-state index contributed by atoms with van der Waals surface area (Å²) < 4.78 is 21.2. The van der Waals surface area contributed by atoms with Crippen LogP contribution in [0, 0.1) is 0 Å². The molecule has 0 unspecified atom stereocenters. The van der Waals surface area contributed by atoms with E-state index >= 15 is 0 Å². The molecule has 0 saturated carbocycles. The highest BCUT2D eigenvalue weighted by Crippen LogP contribution is 2.27. The molecule has 6 N–H and O–H groups in total. The van der Waals surface area contributed by atoms with E-state index < -0.39 is 55.3 Å². The van der Waals surface area contributed by atoms with Crippen molar-refractivity contribution < 1.29 is 49.6 Å². The summed E-state index contributed by atoms with van der Waals surface area (Å²) in [6.07, 6.45) is -8.86. The van der Waals surface area contributed by atoms with E-state index in [0.717, 1.165) is 5.57 Å². The van der Waals surface area contributed by atoms with Crippen LogP contribution in [0.3, 0.4) is 0 Å². The van der Waals surface area contributed by atoms with Crippen LogP contribution in [0.5, 0.6) is 0 Å². The summed E-state index contributed by atoms with van der Waals surface area (Å²) in [6.45, 7) is 4.41. The Kier molecular flexibility index (Phi) is 7.51. The normalized spacial score (nSPS) is 43.6. The summed E-state index contributed by atoms with van der Waals surface area (Å²) >= 11 is 0. The number of hydrogen-bond acceptors (Lipinski definition) is 10. The van der Waals surface area contributed by atoms with Crippen molar-refractivity contribution in [2.24, 2.45) is 0 Å². The smallest absolute Gasteiger partial charge is 0.186 e. The third-order valence-electron chi connectivity index (χ3n) is 4.48. The lowest BCUT2D eigenvalue weighted by molar-refractivity contribution is -0.309. The molecule has 0 aromatic heterocycles. The molecule has 0 spiro atoms. The highest BCUT2D eigenvalue weighted by atomic mass is 16.7. The molecule has 8 atom stereocenters. The molecule has 0 aromatic rings. The SMILES string of the molecule is C=C(C)CCO[C@@H]1O[C@H](CO[C@@H]2OC[C@](O)(CO)[C@H]2O)[C@@H](O)[C@H](O)[C@H]1O. The molecule has 2 aliphatic rings. The molecule has 2 aliphatic heterocycles. The van der Waals surface area contributed by atoms with E-state index in [4.69, 9.17) is 24.1 Å². The maximum atomic E-state index is 10.1. The van der Waals surface area contributed by atoms with Crippen molar-refractivity contribution in [3.05, 3.63) is 12.2 Å². The topological polar surface area (TPSA) is 158 Å². The van der Waals surface area contributed by atoms with Gasteiger partial charge in [0.2, 0.25) is 0 Å². The molecular formula is C16H28O10. The van der Waals surface area contributed by atoms with E-state index in [1.54, 1.807) is 0 Å². The Bertz CT molecular complexity index is 474. The second-order valence-corrected chi connectivity index (χ2v) is 6.81. The highest BCUT2D eigenvalue weighted by molar-refractivity contribution is 4.94. The second kappa shape index (κ2) is 9.02. The van der Waals surface area contributed by atoms with Crippen LogP contribution < -0.4 is 0 Å². The number of hydrogen-bond donors (Lipinski definition) is 6. The van der Waals surface area contributed by atoms with Crippen LogP contribution in [0.25, 0.3) is 0 Å². The zero-order chi connectivity index (χ0) is 19.5. The van der Waals surface area contributed by atoms with Crippen molar-refractivity contribution >= 4 is 0 Å². The first-order chi connectivity index (χ1) is 12.2. The van der Waals surface area contributed by atoms with Crippen LogP contribution in [0.1, 0.15) is 13.3 Å². The quantitative estimate of drug-likeness (QED) is 0.244. The third-order valence-corrected chi connectivity index (χ3v) is 4.48. The third kappa shape index (κ3) is 4.78. The Balaban J connectivity index is 1.90. The predicted octanol–water partition coefficient (Wildman–Crippen LogP) is -2.77. The second-order valence-electron chi connectivity index (χ2n) is 6.81. The number of rotatable bonds is 8. The number of aliphatic hydroxyl groups excluding tert-OH is 5. The fourth-order valence-electron chi connectivity index (χ4n) is 2.67. The van der Waals surface area contributed by atoms with Gasteiger partial charge in [-0.15, -0.1) is 6.58 Å². The molecule has 0 aliphatic carbocycles. The van der Waals surface area contributed by atoms with Crippen molar-refractivity contribution in [3.8, 4) is 0 Å². The number of aliphatic hydroxyl groups is 6. The summed E-state index contributed by atoms with van der Waals surface area (Å²) in [5, 5.41) is 58.9. The Morgan fingerprint density at radius 2 is 1.81 bits per heavy atom. The van der Waals surface area contributed by atoms with E-state index in [2.05, 4.69) is 6.58 Å². The van der Waals surface area contributed by atoms with Crippen molar-refractivity contribution in [3.63, 3.8) is 0 Å². The van der Waals surface area contributed by atoms with Crippen molar-refractivity contribution in [1.82, 2.24) is 0 Å². The molecule has 0 amide bonds. The Labute approximate surface area is 151 Å². The maximum Gasteiger partial charge on any atom is 0.186 e. The van der Waals surface area contributed by atoms with Gasteiger partial charge in [0.25, 0.3) is 0 Å². The molecule has 10 nitrogen and oxygen atoms in total. The summed E-state index contributed by atoms with van der Waals surface area (Å²) in [7, 11) is 0. The molecule has 0 radical (unpaired) electrons. The fraction of sp³-hybridized carbons (Fsp3) is 0.875. The lowest BCUT2D eigenvalue weighted by atomic mass is 9.99. The van der Waals surface area contributed by atoms with Gasteiger partial charge in [0.05, 0.1) is 26.4 Å². The van der Waals surface area contributed by atoms with Crippen LogP contribution in [0.4, 0.5) is 0 Å². The zero-order valence-electron chi connectivity index (χ0n) is 14.6. The van der Waals surface area contributed by atoms with Gasteiger partial charge in [0, 0.05) is 0 Å². The van der Waals surface area contributed by atoms with Gasteiger partial charge in [0.15, 0.2) is 12.6 Å². The van der Waals surface area contributed by atoms with Gasteiger partial charge >= 0.3 is 0 Å². The fourth-order valence-corrected chi connectivity index (χ4v) is 2.67. The largest absolute Gasteiger partial charge is 0.393 e. The van der Waals surface area contributed by atoms with Gasteiger partial charge in [0.1, 0.15) is 36.1 Å². The lowest BCUT2D eigenvalue weighted by Gasteiger charge is -2.40. The van der Waals surface area contributed by atoms with Crippen LogP contribution in [-0.4, -0.2) is 106 Å². The van der Waals surface area contributed by atoms with Crippen LogP contribution in [-0.2, 0) is 18.9 Å². The summed E-state index contributed by atoms with van der Waals surface area (Å²) in [5.74, 6) is 0. The zero-order valence-corrected chi connectivity index (χ0v) is 14.6.